The average molecular weight is 505 g/mol. The second-order valence-corrected chi connectivity index (χ2v) is 16.4. The molecule has 0 aromatic carbocycles. The van der Waals surface area contributed by atoms with Crippen LogP contribution in [0.15, 0.2) is 47.1 Å². The molecule has 0 amide bonds. The van der Waals surface area contributed by atoms with Gasteiger partial charge in [0.1, 0.15) is 0 Å². The van der Waals surface area contributed by atoms with Gasteiger partial charge in [0.05, 0.1) is 21.7 Å². The zero-order valence-electron chi connectivity index (χ0n) is 23.0. The van der Waals surface area contributed by atoms with Crippen LogP contribution in [0.3, 0.4) is 0 Å². The van der Waals surface area contributed by atoms with Crippen molar-refractivity contribution in [1.29, 1.82) is 0 Å². The molecule has 3 rings (SSSR count). The van der Waals surface area contributed by atoms with E-state index in [1.807, 2.05) is 13.8 Å². The molecule has 0 aliphatic heterocycles. The summed E-state index contributed by atoms with van der Waals surface area (Å²) in [6, 6.07) is 0. The van der Waals surface area contributed by atoms with Gasteiger partial charge in [-0.25, -0.2) is 8.42 Å². The summed E-state index contributed by atoms with van der Waals surface area (Å²) in [6.45, 7) is 17.9. The van der Waals surface area contributed by atoms with E-state index in [2.05, 4.69) is 38.7 Å². The van der Waals surface area contributed by atoms with Gasteiger partial charge in [0, 0.05) is 6.42 Å². The van der Waals surface area contributed by atoms with E-state index in [4.69, 9.17) is 0 Å². The maximum Gasteiger partial charge on any atom is 0.160 e. The minimum absolute atomic E-state index is 0.109. The summed E-state index contributed by atoms with van der Waals surface area (Å²) in [5.41, 5.74) is 4.74. The minimum Gasteiger partial charge on any atom is -0.393 e. The number of rotatable bonds is 6. The molecule has 35 heavy (non-hydrogen) atoms. The van der Waals surface area contributed by atoms with E-state index in [1.165, 1.54) is 11.1 Å². The van der Waals surface area contributed by atoms with Crippen molar-refractivity contribution in [3.05, 3.63) is 47.1 Å². The fraction of sp³-hybridized carbons (Fsp3) is 0.733. The third-order valence-corrected chi connectivity index (χ3v) is 12.4. The summed E-state index contributed by atoms with van der Waals surface area (Å²) in [5.74, 6) is 0.809. The number of fused-ring (bicyclic) bond motifs is 1. The van der Waals surface area contributed by atoms with Gasteiger partial charge in [0.2, 0.25) is 0 Å². The molecular weight excluding hydrogens is 456 g/mol. The summed E-state index contributed by atoms with van der Waals surface area (Å²) < 4.78 is 24.8. The van der Waals surface area contributed by atoms with Crippen LogP contribution in [0.2, 0.25) is 0 Å². The van der Waals surface area contributed by atoms with Crippen LogP contribution in [-0.2, 0) is 9.84 Å². The van der Waals surface area contributed by atoms with Gasteiger partial charge in [-0.3, -0.25) is 0 Å². The minimum atomic E-state index is -3.25. The van der Waals surface area contributed by atoms with Crippen molar-refractivity contribution < 1.29 is 18.6 Å². The van der Waals surface area contributed by atoms with Crippen LogP contribution in [0.4, 0.5) is 0 Å². The molecule has 4 nitrogen and oxygen atoms in total. The maximum atomic E-state index is 13.1. The first kappa shape index (κ1) is 28.4. The van der Waals surface area contributed by atoms with Gasteiger partial charge in [-0.15, -0.1) is 0 Å². The molecule has 198 valence electrons. The van der Waals surface area contributed by atoms with Crippen LogP contribution in [0.1, 0.15) is 99.8 Å². The normalized spacial score (nSPS) is 33.7. The Labute approximate surface area is 214 Å². The van der Waals surface area contributed by atoms with Crippen molar-refractivity contribution in [1.82, 2.24) is 0 Å². The second-order valence-electron chi connectivity index (χ2n) is 13.1. The molecule has 2 fully saturated rings. The number of hydrogen-bond acceptors (Lipinski definition) is 4. The topological polar surface area (TPSA) is 74.6 Å². The Kier molecular flexibility index (Phi) is 8.07. The van der Waals surface area contributed by atoms with Crippen molar-refractivity contribution in [2.75, 3.05) is 0 Å². The van der Waals surface area contributed by atoms with E-state index in [-0.39, 0.29) is 5.41 Å². The van der Waals surface area contributed by atoms with Crippen molar-refractivity contribution in [2.24, 2.45) is 17.3 Å². The van der Waals surface area contributed by atoms with Crippen molar-refractivity contribution in [3.63, 3.8) is 0 Å². The predicted molar refractivity (Wildman–Crippen MR) is 146 cm³/mol. The number of sulfone groups is 1. The second kappa shape index (κ2) is 9.95. The van der Waals surface area contributed by atoms with Gasteiger partial charge in [-0.05, 0) is 108 Å². The number of hydrogen-bond donors (Lipinski definition) is 2. The number of allylic oxidation sites excluding steroid dienone is 5. The molecule has 0 aromatic rings. The van der Waals surface area contributed by atoms with Crippen LogP contribution in [0.5, 0.6) is 0 Å². The Morgan fingerprint density at radius 1 is 1.20 bits per heavy atom. The largest absolute Gasteiger partial charge is 0.393 e. The lowest BCUT2D eigenvalue weighted by molar-refractivity contribution is 0.0862. The van der Waals surface area contributed by atoms with Gasteiger partial charge >= 0.3 is 0 Å². The molecule has 2 saturated carbocycles. The molecule has 0 heterocycles. The molecule has 0 aromatic heterocycles. The highest BCUT2D eigenvalue weighted by atomic mass is 32.2. The highest BCUT2D eigenvalue weighted by Gasteiger charge is 2.47. The first-order valence-electron chi connectivity index (χ1n) is 13.4. The molecule has 0 bridgehead atoms. The van der Waals surface area contributed by atoms with Crippen LogP contribution in [0, 0.1) is 17.3 Å². The summed E-state index contributed by atoms with van der Waals surface area (Å²) >= 11 is 0. The predicted octanol–water partition coefficient (Wildman–Crippen LogP) is 6.46. The Bertz CT molecular complexity index is 1020. The fourth-order valence-corrected chi connectivity index (χ4v) is 8.81. The zero-order chi connectivity index (χ0) is 26.4. The molecule has 5 atom stereocenters. The van der Waals surface area contributed by atoms with Crippen LogP contribution >= 0.6 is 0 Å². The van der Waals surface area contributed by atoms with E-state index in [0.29, 0.717) is 31.1 Å². The van der Waals surface area contributed by atoms with Crippen LogP contribution < -0.4 is 0 Å². The molecule has 5 heteroatoms. The molecule has 3 aliphatic carbocycles. The quantitative estimate of drug-likeness (QED) is 0.407. The smallest absolute Gasteiger partial charge is 0.160 e. The van der Waals surface area contributed by atoms with E-state index in [9.17, 15) is 18.6 Å². The maximum absolute atomic E-state index is 13.1. The van der Waals surface area contributed by atoms with Gasteiger partial charge in [0.15, 0.2) is 9.84 Å². The van der Waals surface area contributed by atoms with Gasteiger partial charge in [-0.1, -0.05) is 49.8 Å². The van der Waals surface area contributed by atoms with E-state index < -0.39 is 31.5 Å². The summed E-state index contributed by atoms with van der Waals surface area (Å²) in [4.78, 5) is 0. The van der Waals surface area contributed by atoms with Gasteiger partial charge < -0.3 is 10.2 Å². The lowest BCUT2D eigenvalue weighted by Crippen LogP contribution is -2.44. The SMILES string of the molecule is C=C1C(=CC=C2CCC[C@]3(C)C([C@H](C)CCC(C)(C)S(=O)(=O)C(C)(C)C)=CCC23)C[C@H](O)C[C@H]1O. The van der Waals surface area contributed by atoms with E-state index >= 15 is 0 Å². The highest BCUT2D eigenvalue weighted by Crippen LogP contribution is 2.57. The van der Waals surface area contributed by atoms with Crippen molar-refractivity contribution >= 4 is 9.84 Å². The standard InChI is InChI=1S/C30H48O4S/c1-20(15-17-29(6,7)35(33,34)28(3,4)5)25-13-14-26-22(10-9-16-30(25,26)8)11-12-23-18-24(31)19-27(32)21(23)2/h11-13,20,24,26-27,31-32H,2,9-10,14-19H2,1,3-8H3/t20-,24+,26?,27-,30-/m1/s1. The summed E-state index contributed by atoms with van der Waals surface area (Å²) in [5, 5.41) is 20.3. The number of aliphatic hydroxyl groups is 2. The molecule has 2 N–H and O–H groups in total. The first-order chi connectivity index (χ1) is 16.0. The monoisotopic (exact) mass is 504 g/mol. The fourth-order valence-electron chi connectivity index (χ4n) is 6.76. The van der Waals surface area contributed by atoms with Crippen LogP contribution in [-0.4, -0.2) is 40.3 Å². The van der Waals surface area contributed by atoms with E-state index in [1.54, 1.807) is 20.8 Å². The first-order valence-corrected chi connectivity index (χ1v) is 14.9. The highest BCUT2D eigenvalue weighted by molar-refractivity contribution is 7.94. The lowest BCUT2D eigenvalue weighted by Gasteiger charge is -2.43. The Balaban J connectivity index is 1.75. The Morgan fingerprint density at radius 2 is 1.86 bits per heavy atom. The van der Waals surface area contributed by atoms with Gasteiger partial charge in [0.25, 0.3) is 0 Å². The van der Waals surface area contributed by atoms with Gasteiger partial charge in [-0.2, -0.15) is 0 Å². The third-order valence-electron chi connectivity index (χ3n) is 9.12. The third kappa shape index (κ3) is 5.43. The number of aliphatic hydroxyl groups excluding tert-OH is 2. The average Bonchev–Trinajstić information content (AvgIpc) is 3.10. The lowest BCUT2D eigenvalue weighted by atomic mass is 9.62. The van der Waals surface area contributed by atoms with Crippen molar-refractivity contribution in [2.45, 2.75) is 122 Å². The molecule has 0 spiro atoms. The summed E-state index contributed by atoms with van der Waals surface area (Å²) in [7, 11) is -3.25. The Hall–Kier alpha value is -1.17. The molecule has 0 radical (unpaired) electrons. The Morgan fingerprint density at radius 3 is 2.49 bits per heavy atom. The molecular formula is C30H48O4S. The summed E-state index contributed by atoms with van der Waals surface area (Å²) in [6.07, 6.45) is 12.4. The van der Waals surface area contributed by atoms with Crippen molar-refractivity contribution in [3.8, 4) is 0 Å². The van der Waals surface area contributed by atoms with E-state index in [0.717, 1.165) is 43.3 Å². The zero-order valence-corrected chi connectivity index (χ0v) is 23.8. The molecule has 1 unspecified atom stereocenters. The van der Waals surface area contributed by atoms with Crippen LogP contribution in [0.25, 0.3) is 0 Å². The molecule has 3 aliphatic rings. The molecule has 0 saturated heterocycles.